The number of amides is 1. The first-order chi connectivity index (χ1) is 11.1. The van der Waals surface area contributed by atoms with Crippen molar-refractivity contribution in [3.8, 4) is 0 Å². The fourth-order valence-corrected chi connectivity index (χ4v) is 3.33. The van der Waals surface area contributed by atoms with E-state index in [1.165, 1.54) is 0 Å². The maximum absolute atomic E-state index is 12.1. The van der Waals surface area contributed by atoms with Crippen molar-refractivity contribution in [2.45, 2.75) is 6.54 Å². The molecule has 0 atom stereocenters. The molecule has 0 saturated heterocycles. The highest BCUT2D eigenvalue weighted by Gasteiger charge is 2.12. The number of carbonyl (C=O) groups is 1. The monoisotopic (exact) mass is 345 g/mol. The van der Waals surface area contributed by atoms with Gasteiger partial charge in [0.1, 0.15) is 0 Å². The summed E-state index contributed by atoms with van der Waals surface area (Å²) in [6.45, 7) is 0.677. The molecule has 6 heteroatoms. The van der Waals surface area contributed by atoms with Crippen molar-refractivity contribution in [2.24, 2.45) is 0 Å². The summed E-state index contributed by atoms with van der Waals surface area (Å²) >= 11 is 7.66. The summed E-state index contributed by atoms with van der Waals surface area (Å²) in [5.41, 5.74) is 1.86. The predicted molar refractivity (Wildman–Crippen MR) is 96.2 cm³/mol. The van der Waals surface area contributed by atoms with Crippen molar-refractivity contribution in [1.82, 2.24) is 10.3 Å². The van der Waals surface area contributed by atoms with E-state index in [4.69, 9.17) is 11.6 Å². The third kappa shape index (κ3) is 3.81. The molecule has 0 saturated carbocycles. The molecule has 1 amide bonds. The average Bonchev–Trinajstić information content (AvgIpc) is 2.98. The Morgan fingerprint density at radius 2 is 1.96 bits per heavy atom. The van der Waals surface area contributed by atoms with Crippen molar-refractivity contribution in [3.05, 3.63) is 59.1 Å². The Hall–Kier alpha value is -2.11. The van der Waals surface area contributed by atoms with Gasteiger partial charge in [0.05, 0.1) is 16.8 Å². The molecule has 1 aromatic heterocycles. The standard InChI is InChI=1S/C17H16ClN3OS/c1-21(17-20-14-8-4-5-9-15(14)23-17)11-16(22)19-10-12-6-2-3-7-13(12)18/h2-9H,10-11H2,1H3,(H,19,22). The number of anilines is 1. The van der Waals surface area contributed by atoms with Gasteiger partial charge in [0.2, 0.25) is 5.91 Å². The van der Waals surface area contributed by atoms with E-state index >= 15 is 0 Å². The van der Waals surface area contributed by atoms with Gasteiger partial charge in [-0.1, -0.05) is 53.3 Å². The first-order valence-corrected chi connectivity index (χ1v) is 8.40. The van der Waals surface area contributed by atoms with Gasteiger partial charge < -0.3 is 10.2 Å². The van der Waals surface area contributed by atoms with Crippen LogP contribution in [-0.4, -0.2) is 24.5 Å². The Bertz CT molecular complexity index is 800. The van der Waals surface area contributed by atoms with Crippen molar-refractivity contribution in [1.29, 1.82) is 0 Å². The van der Waals surface area contributed by atoms with E-state index in [1.807, 2.05) is 60.5 Å². The van der Waals surface area contributed by atoms with Crippen LogP contribution < -0.4 is 10.2 Å². The van der Waals surface area contributed by atoms with Crippen LogP contribution in [0.5, 0.6) is 0 Å². The fourth-order valence-electron chi connectivity index (χ4n) is 2.20. The lowest BCUT2D eigenvalue weighted by Crippen LogP contribution is -2.34. The van der Waals surface area contributed by atoms with Gasteiger partial charge >= 0.3 is 0 Å². The second-order valence-corrected chi connectivity index (χ2v) is 6.60. The van der Waals surface area contributed by atoms with Crippen molar-refractivity contribution in [2.75, 3.05) is 18.5 Å². The molecule has 0 radical (unpaired) electrons. The van der Waals surface area contributed by atoms with Crippen molar-refractivity contribution in [3.63, 3.8) is 0 Å². The number of fused-ring (bicyclic) bond motifs is 1. The van der Waals surface area contributed by atoms with Crippen LogP contribution in [0, 0.1) is 0 Å². The van der Waals surface area contributed by atoms with Gasteiger partial charge in [-0.05, 0) is 23.8 Å². The smallest absolute Gasteiger partial charge is 0.239 e. The summed E-state index contributed by atoms with van der Waals surface area (Å²) in [7, 11) is 1.87. The van der Waals surface area contributed by atoms with Crippen LogP contribution in [0.15, 0.2) is 48.5 Å². The summed E-state index contributed by atoms with van der Waals surface area (Å²) in [5.74, 6) is -0.0633. The number of thiazole rings is 1. The zero-order valence-electron chi connectivity index (χ0n) is 12.6. The molecule has 23 heavy (non-hydrogen) atoms. The molecule has 0 aliphatic heterocycles. The van der Waals surface area contributed by atoms with E-state index < -0.39 is 0 Å². The molecule has 3 rings (SSSR count). The molecule has 0 spiro atoms. The van der Waals surface area contributed by atoms with Gasteiger partial charge in [-0.15, -0.1) is 0 Å². The summed E-state index contributed by atoms with van der Waals surface area (Å²) in [5, 5.41) is 4.38. The van der Waals surface area contributed by atoms with Gasteiger partial charge in [-0.3, -0.25) is 4.79 Å². The lowest BCUT2D eigenvalue weighted by Gasteiger charge is -2.15. The third-order valence-electron chi connectivity index (χ3n) is 3.42. The second kappa shape index (κ2) is 6.98. The van der Waals surface area contributed by atoms with E-state index in [-0.39, 0.29) is 12.5 Å². The maximum Gasteiger partial charge on any atom is 0.239 e. The molecule has 0 unspecified atom stereocenters. The largest absolute Gasteiger partial charge is 0.350 e. The molecule has 1 N–H and O–H groups in total. The van der Waals surface area contributed by atoms with Crippen LogP contribution in [0.3, 0.4) is 0 Å². The zero-order chi connectivity index (χ0) is 16.2. The minimum Gasteiger partial charge on any atom is -0.350 e. The molecular weight excluding hydrogens is 330 g/mol. The van der Waals surface area contributed by atoms with Crippen molar-refractivity contribution >= 4 is 44.2 Å². The van der Waals surface area contributed by atoms with E-state index in [2.05, 4.69) is 10.3 Å². The molecule has 0 aliphatic carbocycles. The maximum atomic E-state index is 12.1. The minimum absolute atomic E-state index is 0.0633. The number of halogens is 1. The molecule has 1 heterocycles. The molecule has 2 aromatic carbocycles. The highest BCUT2D eigenvalue weighted by molar-refractivity contribution is 7.22. The number of para-hydroxylation sites is 1. The first-order valence-electron chi connectivity index (χ1n) is 7.20. The van der Waals surface area contributed by atoms with Crippen LogP contribution >= 0.6 is 22.9 Å². The van der Waals surface area contributed by atoms with Crippen LogP contribution in [0.25, 0.3) is 10.2 Å². The molecule has 0 fully saturated rings. The fraction of sp³-hybridized carbons (Fsp3) is 0.176. The number of nitrogens with one attached hydrogen (secondary N) is 1. The van der Waals surface area contributed by atoms with Gasteiger partial charge in [-0.2, -0.15) is 0 Å². The molecule has 3 aromatic rings. The van der Waals surface area contributed by atoms with E-state index in [0.29, 0.717) is 11.6 Å². The minimum atomic E-state index is -0.0633. The van der Waals surface area contributed by atoms with Gasteiger partial charge in [0.25, 0.3) is 0 Å². The quantitative estimate of drug-likeness (QED) is 0.766. The van der Waals surface area contributed by atoms with E-state index in [9.17, 15) is 4.79 Å². The predicted octanol–water partition coefficient (Wildman–Crippen LogP) is 3.70. The third-order valence-corrected chi connectivity index (χ3v) is 4.94. The average molecular weight is 346 g/mol. The van der Waals surface area contributed by atoms with Gasteiger partial charge in [0, 0.05) is 18.6 Å². The SMILES string of the molecule is CN(CC(=O)NCc1ccccc1Cl)c1nc2ccccc2s1. The molecule has 0 aliphatic rings. The Balaban J connectivity index is 1.60. The normalized spacial score (nSPS) is 10.7. The van der Waals surface area contributed by atoms with Crippen molar-refractivity contribution < 1.29 is 4.79 Å². The molecule has 118 valence electrons. The van der Waals surface area contributed by atoms with Gasteiger partial charge in [-0.25, -0.2) is 4.98 Å². The molecule has 4 nitrogen and oxygen atoms in total. The number of hydrogen-bond acceptors (Lipinski definition) is 4. The lowest BCUT2D eigenvalue weighted by atomic mass is 10.2. The van der Waals surface area contributed by atoms with Crippen LogP contribution in [0.4, 0.5) is 5.13 Å². The highest BCUT2D eigenvalue weighted by atomic mass is 35.5. The Morgan fingerprint density at radius 3 is 2.74 bits per heavy atom. The Kier molecular flexibility index (Phi) is 4.79. The lowest BCUT2D eigenvalue weighted by molar-refractivity contribution is -0.119. The molecular formula is C17H16ClN3OS. The summed E-state index contributed by atoms with van der Waals surface area (Å²) < 4.78 is 1.12. The number of hydrogen-bond donors (Lipinski definition) is 1. The number of benzene rings is 2. The second-order valence-electron chi connectivity index (χ2n) is 5.19. The van der Waals surface area contributed by atoms with E-state index in [0.717, 1.165) is 20.9 Å². The topological polar surface area (TPSA) is 45.2 Å². The van der Waals surface area contributed by atoms with Crippen LogP contribution in [0.1, 0.15) is 5.56 Å². The van der Waals surface area contributed by atoms with Gasteiger partial charge in [0.15, 0.2) is 5.13 Å². The number of nitrogens with zero attached hydrogens (tertiary/aromatic N) is 2. The van der Waals surface area contributed by atoms with Crippen LogP contribution in [-0.2, 0) is 11.3 Å². The Morgan fingerprint density at radius 1 is 1.22 bits per heavy atom. The number of aromatic nitrogens is 1. The van der Waals surface area contributed by atoms with E-state index in [1.54, 1.807) is 11.3 Å². The summed E-state index contributed by atoms with van der Waals surface area (Å²) in [4.78, 5) is 18.5. The number of carbonyl (C=O) groups excluding carboxylic acids is 1. The van der Waals surface area contributed by atoms with Crippen LogP contribution in [0.2, 0.25) is 5.02 Å². The summed E-state index contributed by atoms with van der Waals surface area (Å²) in [6, 6.07) is 15.4. The molecule has 0 bridgehead atoms. The summed E-state index contributed by atoms with van der Waals surface area (Å²) in [6.07, 6.45) is 0. The number of likely N-dealkylation sites (N-methyl/N-ethyl adjacent to an activating group) is 1. The first kappa shape index (κ1) is 15.8. The highest BCUT2D eigenvalue weighted by Crippen LogP contribution is 2.27. The number of rotatable bonds is 5. The Labute approximate surface area is 143 Å². The zero-order valence-corrected chi connectivity index (χ0v) is 14.2.